The van der Waals surface area contributed by atoms with Gasteiger partial charge in [-0.25, -0.2) is 15.0 Å². The van der Waals surface area contributed by atoms with Crippen LogP contribution in [0.5, 0.6) is 0 Å². The van der Waals surface area contributed by atoms with E-state index in [0.29, 0.717) is 28.9 Å². The Morgan fingerprint density at radius 1 is 1.27 bits per heavy atom. The van der Waals surface area contributed by atoms with E-state index in [1.807, 2.05) is 12.3 Å². The molecule has 30 heavy (non-hydrogen) atoms. The molecule has 4 heterocycles. The second kappa shape index (κ2) is 8.05. The molecule has 0 bridgehead atoms. The second-order valence-corrected chi connectivity index (χ2v) is 8.98. The van der Waals surface area contributed by atoms with Crippen LogP contribution in [0.4, 0.5) is 19.0 Å². The van der Waals surface area contributed by atoms with Gasteiger partial charge in [0.15, 0.2) is 0 Å². The van der Waals surface area contributed by atoms with E-state index in [9.17, 15) is 23.1 Å². The van der Waals surface area contributed by atoms with Gasteiger partial charge in [-0.15, -0.1) is 22.7 Å². The molecule has 0 aromatic carbocycles. The minimum Gasteiger partial charge on any atom is -0.389 e. The molecule has 1 fully saturated rings. The normalized spacial score (nSPS) is 14.8. The number of pyridine rings is 1. The van der Waals surface area contributed by atoms with Crippen LogP contribution in [0.2, 0.25) is 0 Å². The van der Waals surface area contributed by atoms with Crippen molar-refractivity contribution in [1.82, 2.24) is 15.0 Å². The summed E-state index contributed by atoms with van der Waals surface area (Å²) in [5, 5.41) is 12.4. The highest BCUT2D eigenvalue weighted by molar-refractivity contribution is 7.16. The van der Waals surface area contributed by atoms with Crippen molar-refractivity contribution in [3.63, 3.8) is 0 Å². The van der Waals surface area contributed by atoms with Crippen molar-refractivity contribution in [3.8, 4) is 10.6 Å². The van der Waals surface area contributed by atoms with Gasteiger partial charge in [0.2, 0.25) is 0 Å². The van der Waals surface area contributed by atoms with E-state index < -0.39 is 11.7 Å². The van der Waals surface area contributed by atoms with Crippen molar-refractivity contribution in [2.45, 2.75) is 26.1 Å². The zero-order valence-corrected chi connectivity index (χ0v) is 17.4. The van der Waals surface area contributed by atoms with Gasteiger partial charge in [0.05, 0.1) is 40.8 Å². The molecule has 11 heteroatoms. The molecule has 0 unspecified atom stereocenters. The average molecular weight is 454 g/mol. The summed E-state index contributed by atoms with van der Waals surface area (Å²) in [7, 11) is 0. The Hall–Kier alpha value is -2.37. The number of carbonyl (C=O) groups is 1. The molecule has 0 amide bonds. The van der Waals surface area contributed by atoms with Gasteiger partial charge in [0.25, 0.3) is 0 Å². The zero-order valence-electron chi connectivity index (χ0n) is 15.8. The van der Waals surface area contributed by atoms with E-state index in [1.54, 1.807) is 4.90 Å². The zero-order chi connectivity index (χ0) is 21.5. The number of ketones is 1. The molecule has 0 aliphatic carbocycles. The fraction of sp³-hybridized carbons (Fsp3) is 0.368. The Kier molecular flexibility index (Phi) is 5.60. The Morgan fingerprint density at radius 2 is 2.03 bits per heavy atom. The summed E-state index contributed by atoms with van der Waals surface area (Å²) in [6, 6.07) is 2.33. The molecule has 1 aliphatic heterocycles. The van der Waals surface area contributed by atoms with Gasteiger partial charge < -0.3 is 10.0 Å². The average Bonchev–Trinajstić information content (AvgIpc) is 3.26. The van der Waals surface area contributed by atoms with Crippen molar-refractivity contribution in [2.75, 3.05) is 18.0 Å². The van der Waals surface area contributed by atoms with E-state index >= 15 is 0 Å². The number of nitrogens with zero attached hydrogens (tertiary/aromatic N) is 4. The number of aryl methyl sites for hydroxylation is 1. The number of Topliss-reactive ketones (excluding diaryl/α,β-unsaturated/α-hetero) is 1. The number of aliphatic hydroxyl groups excluding tert-OH is 1. The molecule has 6 nitrogen and oxygen atoms in total. The first-order valence-corrected chi connectivity index (χ1v) is 10.8. The highest BCUT2D eigenvalue weighted by Crippen LogP contribution is 2.33. The lowest BCUT2D eigenvalue weighted by atomic mass is 9.93. The first kappa shape index (κ1) is 20.9. The van der Waals surface area contributed by atoms with Gasteiger partial charge in [-0.3, -0.25) is 4.79 Å². The number of carbonyl (C=O) groups excluding carboxylic acids is 1. The summed E-state index contributed by atoms with van der Waals surface area (Å²) >= 11 is 2.78. The van der Waals surface area contributed by atoms with Crippen LogP contribution in [-0.2, 0) is 24.0 Å². The summed E-state index contributed by atoms with van der Waals surface area (Å²) in [5.74, 6) is 0.299. The van der Waals surface area contributed by atoms with E-state index in [1.165, 1.54) is 28.7 Å². The van der Waals surface area contributed by atoms with Crippen LogP contribution in [0.3, 0.4) is 0 Å². The lowest BCUT2D eigenvalue weighted by molar-refractivity contribution is -0.137. The summed E-state index contributed by atoms with van der Waals surface area (Å²) < 4.78 is 37.9. The third-order valence-electron chi connectivity index (χ3n) is 4.82. The van der Waals surface area contributed by atoms with Crippen molar-refractivity contribution in [1.29, 1.82) is 0 Å². The number of alkyl halides is 3. The molecule has 158 valence electrons. The molecule has 0 atom stereocenters. The molecule has 3 aromatic heterocycles. The van der Waals surface area contributed by atoms with Gasteiger partial charge in [0.1, 0.15) is 21.6 Å². The fourth-order valence-electron chi connectivity index (χ4n) is 3.16. The summed E-state index contributed by atoms with van der Waals surface area (Å²) in [5.41, 5.74) is 0.758. The summed E-state index contributed by atoms with van der Waals surface area (Å²) in [4.78, 5) is 27.9. The maximum atomic E-state index is 12.6. The van der Waals surface area contributed by atoms with Crippen LogP contribution in [-0.4, -0.2) is 38.9 Å². The molecule has 1 N–H and O–H groups in total. The van der Waals surface area contributed by atoms with Gasteiger partial charge in [-0.2, -0.15) is 13.2 Å². The topological polar surface area (TPSA) is 79.2 Å². The van der Waals surface area contributed by atoms with E-state index in [4.69, 9.17) is 0 Å². The summed E-state index contributed by atoms with van der Waals surface area (Å²) in [6.07, 6.45) is -3.39. The number of hydrogen-bond acceptors (Lipinski definition) is 8. The fourth-order valence-corrected chi connectivity index (χ4v) is 4.91. The van der Waals surface area contributed by atoms with Crippen LogP contribution in [0.1, 0.15) is 21.3 Å². The highest BCUT2D eigenvalue weighted by atomic mass is 32.1. The van der Waals surface area contributed by atoms with Crippen molar-refractivity contribution in [3.05, 3.63) is 45.0 Å². The number of rotatable bonds is 6. The SMILES string of the molecule is Cc1nc(CO)sc1-c1csc(CC(=O)C2CN(c3ccc(C(F)(F)F)cn3)C2)n1. The minimum atomic E-state index is -4.41. The van der Waals surface area contributed by atoms with Crippen LogP contribution in [0.15, 0.2) is 23.7 Å². The van der Waals surface area contributed by atoms with Gasteiger partial charge in [-0.05, 0) is 19.1 Å². The predicted octanol–water partition coefficient (Wildman–Crippen LogP) is 3.73. The largest absolute Gasteiger partial charge is 0.417 e. The first-order chi connectivity index (χ1) is 14.2. The van der Waals surface area contributed by atoms with E-state index in [2.05, 4.69) is 15.0 Å². The maximum absolute atomic E-state index is 12.6. The van der Waals surface area contributed by atoms with Crippen molar-refractivity contribution in [2.24, 2.45) is 5.92 Å². The van der Waals surface area contributed by atoms with Crippen LogP contribution in [0.25, 0.3) is 10.6 Å². The molecular formula is C19H17F3N4O2S2. The quantitative estimate of drug-likeness (QED) is 0.612. The van der Waals surface area contributed by atoms with E-state index in [0.717, 1.165) is 28.5 Å². The Balaban J connectivity index is 1.34. The lowest BCUT2D eigenvalue weighted by Crippen LogP contribution is -2.51. The minimum absolute atomic E-state index is 0.0520. The molecule has 3 aromatic rings. The lowest BCUT2D eigenvalue weighted by Gasteiger charge is -2.39. The maximum Gasteiger partial charge on any atom is 0.417 e. The Bertz CT molecular complexity index is 1060. The number of aromatic nitrogens is 3. The third-order valence-corrected chi connectivity index (χ3v) is 6.84. The van der Waals surface area contributed by atoms with Gasteiger partial charge in [0, 0.05) is 24.7 Å². The third kappa shape index (κ3) is 4.23. The highest BCUT2D eigenvalue weighted by Gasteiger charge is 2.35. The van der Waals surface area contributed by atoms with Gasteiger partial charge in [-0.1, -0.05) is 0 Å². The van der Waals surface area contributed by atoms with Gasteiger partial charge >= 0.3 is 6.18 Å². The van der Waals surface area contributed by atoms with Crippen LogP contribution >= 0.6 is 22.7 Å². The Labute approximate surface area is 178 Å². The Morgan fingerprint density at radius 3 is 2.63 bits per heavy atom. The van der Waals surface area contributed by atoms with Crippen molar-refractivity contribution < 1.29 is 23.1 Å². The second-order valence-electron chi connectivity index (χ2n) is 6.95. The molecular weight excluding hydrogens is 437 g/mol. The van der Waals surface area contributed by atoms with E-state index in [-0.39, 0.29) is 24.7 Å². The molecule has 0 spiro atoms. The number of hydrogen-bond donors (Lipinski definition) is 1. The number of halogens is 3. The predicted molar refractivity (Wildman–Crippen MR) is 108 cm³/mol. The van der Waals surface area contributed by atoms with Crippen LogP contribution < -0.4 is 4.90 Å². The smallest absolute Gasteiger partial charge is 0.389 e. The summed E-state index contributed by atoms with van der Waals surface area (Å²) in [6.45, 7) is 2.60. The molecule has 1 saturated heterocycles. The number of aliphatic hydroxyl groups is 1. The molecule has 0 saturated carbocycles. The first-order valence-electron chi connectivity index (χ1n) is 9.07. The van der Waals surface area contributed by atoms with Crippen LogP contribution in [0, 0.1) is 12.8 Å². The number of anilines is 1. The molecule has 1 aliphatic rings. The standard InChI is InChI=1S/C19H17F3N4O2S2/c1-10-18(30-17(8-27)24-10)13-9-29-16(25-13)4-14(28)11-6-26(7-11)15-3-2-12(5-23-15)19(20,21)22/h2-3,5,9,11,27H,4,6-8H2,1H3. The van der Waals surface area contributed by atoms with Crippen molar-refractivity contribution >= 4 is 34.3 Å². The number of thiazole rings is 2. The monoisotopic (exact) mass is 454 g/mol. The molecule has 4 rings (SSSR count). The molecule has 0 radical (unpaired) electrons.